The van der Waals surface area contributed by atoms with Crippen LogP contribution in [0.5, 0.6) is 17.2 Å². The second-order valence-corrected chi connectivity index (χ2v) is 7.32. The van der Waals surface area contributed by atoms with Crippen molar-refractivity contribution >= 4 is 28.7 Å². The van der Waals surface area contributed by atoms with Crippen LogP contribution in [0.1, 0.15) is 0 Å². The Hall–Kier alpha value is -3.88. The molecule has 0 spiro atoms. The van der Waals surface area contributed by atoms with Gasteiger partial charge in [-0.25, -0.2) is 9.97 Å². The molecule has 1 fully saturated rings. The van der Waals surface area contributed by atoms with Gasteiger partial charge in [-0.1, -0.05) is 0 Å². The molecule has 3 aromatic rings. The molecular weight excluding hydrogens is 396 g/mol. The van der Waals surface area contributed by atoms with Crippen LogP contribution < -0.4 is 35.1 Å². The first kappa shape index (κ1) is 19.1. The molecular formula is C22H24N6O3. The van der Waals surface area contributed by atoms with Gasteiger partial charge in [-0.15, -0.1) is 0 Å². The summed E-state index contributed by atoms with van der Waals surface area (Å²) in [6, 6.07) is 13.8. The summed E-state index contributed by atoms with van der Waals surface area (Å²) in [5.74, 6) is 3.61. The predicted octanol–water partition coefficient (Wildman–Crippen LogP) is 2.87. The molecule has 2 aromatic carbocycles. The van der Waals surface area contributed by atoms with Crippen molar-refractivity contribution in [1.29, 1.82) is 0 Å². The van der Waals surface area contributed by atoms with Gasteiger partial charge < -0.3 is 35.1 Å². The summed E-state index contributed by atoms with van der Waals surface area (Å²) < 4.78 is 16.0. The van der Waals surface area contributed by atoms with E-state index in [0.29, 0.717) is 17.3 Å². The average molecular weight is 420 g/mol. The summed E-state index contributed by atoms with van der Waals surface area (Å²) in [5.41, 5.74) is 8.97. The fourth-order valence-electron chi connectivity index (χ4n) is 3.82. The molecule has 2 aliphatic heterocycles. The van der Waals surface area contributed by atoms with Gasteiger partial charge in [0, 0.05) is 43.6 Å². The van der Waals surface area contributed by atoms with Crippen LogP contribution in [0.3, 0.4) is 0 Å². The number of benzene rings is 2. The maximum atomic E-state index is 6.44. The first-order chi connectivity index (χ1) is 15.2. The molecule has 0 saturated carbocycles. The van der Waals surface area contributed by atoms with E-state index in [1.807, 2.05) is 30.3 Å². The van der Waals surface area contributed by atoms with Crippen LogP contribution in [-0.2, 0) is 0 Å². The smallest absolute Gasteiger partial charge is 0.231 e. The second-order valence-electron chi connectivity index (χ2n) is 7.32. The Bertz CT molecular complexity index is 1070. The number of nitrogens with two attached hydrogens (primary N) is 1. The van der Waals surface area contributed by atoms with Crippen molar-refractivity contribution in [1.82, 2.24) is 9.97 Å². The number of nitrogens with one attached hydrogen (secondary N) is 1. The molecule has 9 heteroatoms. The lowest BCUT2D eigenvalue weighted by atomic mass is 10.2. The minimum Gasteiger partial charge on any atom is -0.497 e. The molecule has 0 unspecified atom stereocenters. The number of nitrogen functional groups attached to an aromatic ring is 1. The maximum absolute atomic E-state index is 6.44. The van der Waals surface area contributed by atoms with Crippen LogP contribution in [0.15, 0.2) is 48.8 Å². The molecule has 0 radical (unpaired) electrons. The molecule has 3 heterocycles. The van der Waals surface area contributed by atoms with Crippen LogP contribution in [0, 0.1) is 0 Å². The highest BCUT2D eigenvalue weighted by molar-refractivity contribution is 5.79. The normalized spacial score (nSPS) is 15.1. The van der Waals surface area contributed by atoms with Crippen molar-refractivity contribution < 1.29 is 14.2 Å². The number of ether oxygens (including phenoxy) is 3. The summed E-state index contributed by atoms with van der Waals surface area (Å²) in [6.07, 6.45) is 1.54. The molecule has 9 nitrogen and oxygen atoms in total. The van der Waals surface area contributed by atoms with E-state index < -0.39 is 0 Å². The minimum atomic E-state index is 0.237. The van der Waals surface area contributed by atoms with Gasteiger partial charge in [-0.3, -0.25) is 0 Å². The van der Waals surface area contributed by atoms with Crippen LogP contribution >= 0.6 is 0 Å². The number of aromatic nitrogens is 2. The third-order valence-electron chi connectivity index (χ3n) is 5.51. The topological polar surface area (TPSA) is 98.0 Å². The number of fused-ring (bicyclic) bond motifs is 1. The fourth-order valence-corrected chi connectivity index (χ4v) is 3.82. The van der Waals surface area contributed by atoms with Gasteiger partial charge >= 0.3 is 0 Å². The quantitative estimate of drug-likeness (QED) is 0.645. The molecule has 5 rings (SSSR count). The average Bonchev–Trinajstić information content (AvgIpc) is 3.29. The number of hydrogen-bond acceptors (Lipinski definition) is 9. The van der Waals surface area contributed by atoms with Crippen molar-refractivity contribution in [2.75, 3.05) is 60.9 Å². The van der Waals surface area contributed by atoms with Crippen LogP contribution in [0.4, 0.5) is 28.7 Å². The van der Waals surface area contributed by atoms with E-state index >= 15 is 0 Å². The Morgan fingerprint density at radius 2 is 1.68 bits per heavy atom. The van der Waals surface area contributed by atoms with Crippen LogP contribution in [0.25, 0.3) is 0 Å². The number of anilines is 5. The van der Waals surface area contributed by atoms with Crippen molar-refractivity contribution in [3.8, 4) is 17.2 Å². The van der Waals surface area contributed by atoms with Crippen molar-refractivity contribution in [3.05, 3.63) is 48.8 Å². The molecule has 1 saturated heterocycles. The van der Waals surface area contributed by atoms with Gasteiger partial charge in [-0.2, -0.15) is 0 Å². The highest BCUT2D eigenvalue weighted by atomic mass is 16.7. The third kappa shape index (κ3) is 3.81. The first-order valence-electron chi connectivity index (χ1n) is 10.1. The molecule has 160 valence electrons. The Labute approximate surface area is 180 Å². The van der Waals surface area contributed by atoms with E-state index in [2.05, 4.69) is 37.2 Å². The van der Waals surface area contributed by atoms with Crippen molar-refractivity contribution in [2.45, 2.75) is 0 Å². The van der Waals surface area contributed by atoms with Gasteiger partial charge in [0.05, 0.1) is 7.11 Å². The predicted molar refractivity (Wildman–Crippen MR) is 120 cm³/mol. The van der Waals surface area contributed by atoms with Gasteiger partial charge in [0.15, 0.2) is 23.1 Å². The third-order valence-corrected chi connectivity index (χ3v) is 5.51. The van der Waals surface area contributed by atoms with Gasteiger partial charge in [0.25, 0.3) is 0 Å². The molecule has 2 aliphatic rings. The van der Waals surface area contributed by atoms with E-state index in [4.69, 9.17) is 19.9 Å². The number of methoxy groups -OCH3 is 1. The molecule has 31 heavy (non-hydrogen) atoms. The maximum Gasteiger partial charge on any atom is 0.231 e. The fraction of sp³-hybridized carbons (Fsp3) is 0.273. The zero-order valence-corrected chi connectivity index (χ0v) is 17.2. The lowest BCUT2D eigenvalue weighted by molar-refractivity contribution is 0.174. The monoisotopic (exact) mass is 420 g/mol. The van der Waals surface area contributed by atoms with Gasteiger partial charge in [-0.05, 0) is 36.4 Å². The molecule has 0 aliphatic carbocycles. The molecule has 0 amide bonds. The highest BCUT2D eigenvalue weighted by Crippen LogP contribution is 2.36. The Balaban J connectivity index is 1.28. The number of hydrogen-bond donors (Lipinski definition) is 2. The molecule has 0 atom stereocenters. The summed E-state index contributed by atoms with van der Waals surface area (Å²) in [7, 11) is 1.68. The van der Waals surface area contributed by atoms with Crippen LogP contribution in [-0.4, -0.2) is 50.0 Å². The van der Waals surface area contributed by atoms with E-state index in [0.717, 1.165) is 49.2 Å². The lowest BCUT2D eigenvalue weighted by Crippen LogP contribution is -2.47. The van der Waals surface area contributed by atoms with Crippen LogP contribution in [0.2, 0.25) is 0 Å². The zero-order valence-electron chi connectivity index (χ0n) is 17.2. The summed E-state index contributed by atoms with van der Waals surface area (Å²) in [4.78, 5) is 13.3. The lowest BCUT2D eigenvalue weighted by Gasteiger charge is -2.37. The largest absolute Gasteiger partial charge is 0.497 e. The van der Waals surface area contributed by atoms with Crippen molar-refractivity contribution in [3.63, 3.8) is 0 Å². The SMILES string of the molecule is COc1ccc(N2CCN(c3ncnc(Nc4ccc5c(c4)OCO5)c3N)CC2)cc1. The van der Waals surface area contributed by atoms with E-state index in [1.165, 1.54) is 12.0 Å². The van der Waals surface area contributed by atoms with Crippen molar-refractivity contribution in [2.24, 2.45) is 0 Å². The van der Waals surface area contributed by atoms with E-state index in [9.17, 15) is 0 Å². The van der Waals surface area contributed by atoms with Gasteiger partial charge in [0.1, 0.15) is 17.8 Å². The first-order valence-corrected chi connectivity index (χ1v) is 10.1. The summed E-state index contributed by atoms with van der Waals surface area (Å²) in [6.45, 7) is 3.62. The standard InChI is InChI=1S/C22H24N6O3/c1-29-17-5-3-16(4-6-17)27-8-10-28(11-9-27)22-20(23)21(24-13-25-22)26-15-2-7-18-19(12-15)31-14-30-18/h2-7,12-13H,8-11,14,23H2,1H3,(H,24,25,26). The molecule has 3 N–H and O–H groups in total. The van der Waals surface area contributed by atoms with Gasteiger partial charge in [0.2, 0.25) is 6.79 Å². The number of piperazine rings is 1. The second kappa shape index (κ2) is 8.10. The Morgan fingerprint density at radius 1 is 0.935 bits per heavy atom. The number of nitrogens with zero attached hydrogens (tertiary/aromatic N) is 4. The number of rotatable bonds is 5. The summed E-state index contributed by atoms with van der Waals surface area (Å²) in [5, 5.41) is 3.27. The summed E-state index contributed by atoms with van der Waals surface area (Å²) >= 11 is 0. The molecule has 0 bridgehead atoms. The highest BCUT2D eigenvalue weighted by Gasteiger charge is 2.22. The Kier molecular flexibility index (Phi) is 4.99. The molecule has 1 aromatic heterocycles. The zero-order chi connectivity index (χ0) is 21.2. The minimum absolute atomic E-state index is 0.237. The Morgan fingerprint density at radius 3 is 2.45 bits per heavy atom. The van der Waals surface area contributed by atoms with E-state index in [1.54, 1.807) is 7.11 Å². The van der Waals surface area contributed by atoms with E-state index in [-0.39, 0.29) is 6.79 Å².